The van der Waals surface area contributed by atoms with Crippen molar-refractivity contribution in [3.63, 3.8) is 0 Å². The molecule has 0 unspecified atom stereocenters. The van der Waals surface area contributed by atoms with E-state index in [-0.39, 0.29) is 0 Å². The highest BCUT2D eigenvalue weighted by Gasteiger charge is 2.21. The first-order valence-electron chi connectivity index (χ1n) is 7.68. The zero-order chi connectivity index (χ0) is 18.3. The maximum absolute atomic E-state index is 6.03. The molecule has 4 rings (SSSR count). The zero-order valence-electron chi connectivity index (χ0n) is 13.6. The fourth-order valence-corrected chi connectivity index (χ4v) is 6.17. The predicted molar refractivity (Wildman–Crippen MR) is 120 cm³/mol. The van der Waals surface area contributed by atoms with Gasteiger partial charge < -0.3 is 22.9 Å². The molecule has 4 aromatic heterocycles. The van der Waals surface area contributed by atoms with Crippen molar-refractivity contribution < 1.29 is 0 Å². The van der Waals surface area contributed by atoms with Crippen molar-refractivity contribution >= 4 is 76.5 Å². The van der Waals surface area contributed by atoms with Crippen molar-refractivity contribution in [3.8, 4) is 0 Å². The van der Waals surface area contributed by atoms with Crippen molar-refractivity contribution in [2.24, 2.45) is 0 Å². The molecule has 0 atom stereocenters. The second-order valence-electron chi connectivity index (χ2n) is 5.56. The number of nitrogens with two attached hydrogens (primary N) is 4. The van der Waals surface area contributed by atoms with Crippen LogP contribution in [0.25, 0.3) is 11.1 Å². The molecule has 132 valence electrons. The summed E-state index contributed by atoms with van der Waals surface area (Å²) in [6.45, 7) is 0. The molecular weight excluding hydrogens is 400 g/mol. The lowest BCUT2D eigenvalue weighted by Gasteiger charge is -2.11. The Morgan fingerprint density at radius 3 is 0.808 bits per heavy atom. The zero-order valence-corrected chi connectivity index (χ0v) is 16.8. The van der Waals surface area contributed by atoms with E-state index in [4.69, 9.17) is 22.9 Å². The van der Waals surface area contributed by atoms with E-state index in [9.17, 15) is 0 Å². The van der Waals surface area contributed by atoms with Crippen LogP contribution < -0.4 is 22.9 Å². The van der Waals surface area contributed by atoms with Crippen LogP contribution in [0, 0.1) is 0 Å². The van der Waals surface area contributed by atoms with Gasteiger partial charge >= 0.3 is 0 Å². The minimum absolute atomic E-state index is 0.776. The summed E-state index contributed by atoms with van der Waals surface area (Å²) < 4.78 is 0. The summed E-state index contributed by atoms with van der Waals surface area (Å²) in [4.78, 5) is 4.38. The molecule has 0 radical (unpaired) electrons. The first-order chi connectivity index (χ1) is 12.5. The lowest BCUT2D eigenvalue weighted by Crippen LogP contribution is -1.90. The van der Waals surface area contributed by atoms with Crippen molar-refractivity contribution in [1.82, 2.24) is 0 Å². The Morgan fingerprint density at radius 2 is 0.654 bits per heavy atom. The minimum Gasteiger partial charge on any atom is -0.391 e. The summed E-state index contributed by atoms with van der Waals surface area (Å²) in [5.74, 6) is 0. The Hall–Kier alpha value is -2.26. The molecule has 4 heterocycles. The van der Waals surface area contributed by atoms with E-state index < -0.39 is 0 Å². The van der Waals surface area contributed by atoms with E-state index in [1.165, 1.54) is 0 Å². The third kappa shape index (κ3) is 3.24. The van der Waals surface area contributed by atoms with Crippen LogP contribution in [0.1, 0.15) is 19.5 Å². The first-order valence-corrected chi connectivity index (χ1v) is 10.9. The topological polar surface area (TPSA) is 104 Å². The summed E-state index contributed by atoms with van der Waals surface area (Å²) >= 11 is 6.25. The Kier molecular flexibility index (Phi) is 4.49. The van der Waals surface area contributed by atoms with Gasteiger partial charge in [-0.05, 0) is 48.5 Å². The van der Waals surface area contributed by atoms with Crippen LogP contribution in [0.5, 0.6) is 0 Å². The normalized spacial score (nSPS) is 10.9. The Morgan fingerprint density at radius 1 is 0.423 bits per heavy atom. The van der Waals surface area contributed by atoms with Crippen LogP contribution in [-0.4, -0.2) is 0 Å². The molecule has 8 N–H and O–H groups in total. The minimum atomic E-state index is 0.776. The molecular formula is C18H16N4S4. The summed E-state index contributed by atoms with van der Waals surface area (Å²) in [6, 6.07) is 15.9. The smallest absolute Gasteiger partial charge is 0.0862 e. The van der Waals surface area contributed by atoms with Crippen molar-refractivity contribution in [3.05, 3.63) is 68.0 Å². The Bertz CT molecular complexity index is 925. The molecule has 26 heavy (non-hydrogen) atoms. The molecule has 0 saturated heterocycles. The van der Waals surface area contributed by atoms with Gasteiger partial charge in [-0.15, -0.1) is 45.3 Å². The fraction of sp³-hybridized carbons (Fsp3) is 0. The summed E-state index contributed by atoms with van der Waals surface area (Å²) in [5, 5.41) is 3.10. The molecule has 0 aliphatic rings. The third-order valence-electron chi connectivity index (χ3n) is 3.74. The van der Waals surface area contributed by atoms with Crippen molar-refractivity contribution in [2.45, 2.75) is 0 Å². The molecule has 0 saturated carbocycles. The number of nitrogen functional groups attached to an aromatic ring is 4. The summed E-state index contributed by atoms with van der Waals surface area (Å²) in [6.07, 6.45) is 0. The highest BCUT2D eigenvalue weighted by Crippen LogP contribution is 2.46. The monoisotopic (exact) mass is 416 g/mol. The number of hydrogen-bond acceptors (Lipinski definition) is 8. The van der Waals surface area contributed by atoms with E-state index in [0.29, 0.717) is 0 Å². The average Bonchev–Trinajstić information content (AvgIpc) is 3.36. The Labute approximate surface area is 167 Å². The van der Waals surface area contributed by atoms with Gasteiger partial charge in [-0.1, -0.05) is 0 Å². The average molecular weight is 417 g/mol. The van der Waals surface area contributed by atoms with Gasteiger partial charge in [-0.3, -0.25) is 0 Å². The molecule has 8 heteroatoms. The van der Waals surface area contributed by atoms with Crippen molar-refractivity contribution in [2.75, 3.05) is 22.9 Å². The predicted octanol–water partition coefficient (Wildman–Crippen LogP) is 5.27. The molecule has 0 amide bonds. The lowest BCUT2D eigenvalue weighted by atomic mass is 10.0. The van der Waals surface area contributed by atoms with Gasteiger partial charge in [0.25, 0.3) is 0 Å². The van der Waals surface area contributed by atoms with Gasteiger partial charge in [-0.2, -0.15) is 0 Å². The van der Waals surface area contributed by atoms with Crippen LogP contribution in [0.4, 0.5) is 20.0 Å². The maximum atomic E-state index is 6.03. The van der Waals surface area contributed by atoms with Gasteiger partial charge in [0.2, 0.25) is 0 Å². The first kappa shape index (κ1) is 17.2. The molecule has 0 bridgehead atoms. The quantitative estimate of drug-likeness (QED) is 0.364. The van der Waals surface area contributed by atoms with E-state index >= 15 is 0 Å². The van der Waals surface area contributed by atoms with Crippen LogP contribution in [0.15, 0.2) is 48.5 Å². The fourth-order valence-electron chi connectivity index (χ4n) is 2.68. The second kappa shape index (κ2) is 6.81. The molecule has 4 nitrogen and oxygen atoms in total. The van der Waals surface area contributed by atoms with Crippen LogP contribution in [0.3, 0.4) is 0 Å². The number of hydrogen-bond donors (Lipinski definition) is 4. The van der Waals surface area contributed by atoms with E-state index in [1.54, 1.807) is 45.3 Å². The van der Waals surface area contributed by atoms with Crippen LogP contribution in [-0.2, 0) is 0 Å². The number of anilines is 4. The highest BCUT2D eigenvalue weighted by atomic mass is 32.1. The third-order valence-corrected chi connectivity index (χ3v) is 7.47. The molecule has 0 aliphatic carbocycles. The largest absolute Gasteiger partial charge is 0.391 e. The molecule has 0 spiro atoms. The van der Waals surface area contributed by atoms with Crippen LogP contribution in [0.2, 0.25) is 0 Å². The van der Waals surface area contributed by atoms with E-state index in [1.807, 2.05) is 24.3 Å². The van der Waals surface area contributed by atoms with Gasteiger partial charge in [0.05, 0.1) is 20.0 Å². The van der Waals surface area contributed by atoms with E-state index in [0.717, 1.165) is 50.7 Å². The molecule has 0 aliphatic heterocycles. The maximum Gasteiger partial charge on any atom is 0.0862 e. The van der Waals surface area contributed by atoms with Gasteiger partial charge in [0, 0.05) is 30.7 Å². The number of thiophene rings is 4. The SMILES string of the molecule is Nc1ccc(C(=C(c2ccc(N)s2)c2ccc(N)s2)c2ccc(N)s2)s1. The second-order valence-corrected chi connectivity index (χ2v) is 10.0. The standard InChI is InChI=1S/C18H16N4S4/c19-13-5-1-9(23-13)17(10-2-6-14(20)24-10)18(11-3-7-15(21)25-11)12-4-8-16(22)26-12/h1-8H,19-22H2. The summed E-state index contributed by atoms with van der Waals surface area (Å²) in [5.41, 5.74) is 26.3. The van der Waals surface area contributed by atoms with Gasteiger partial charge in [0.1, 0.15) is 0 Å². The van der Waals surface area contributed by atoms with Gasteiger partial charge in [0.15, 0.2) is 0 Å². The molecule has 0 aromatic carbocycles. The number of rotatable bonds is 4. The molecule has 4 aromatic rings. The highest BCUT2D eigenvalue weighted by molar-refractivity contribution is 7.21. The lowest BCUT2D eigenvalue weighted by molar-refractivity contribution is 1.73. The Balaban J connectivity index is 2.07. The van der Waals surface area contributed by atoms with E-state index in [2.05, 4.69) is 24.3 Å². The summed E-state index contributed by atoms with van der Waals surface area (Å²) in [7, 11) is 0. The van der Waals surface area contributed by atoms with Gasteiger partial charge in [-0.25, -0.2) is 0 Å². The van der Waals surface area contributed by atoms with Crippen molar-refractivity contribution in [1.29, 1.82) is 0 Å². The molecule has 0 fully saturated rings. The van der Waals surface area contributed by atoms with Crippen LogP contribution >= 0.6 is 45.3 Å².